The average Bonchev–Trinajstić information content (AvgIpc) is 3.12. The molecule has 0 fully saturated rings. The third-order valence-electron chi connectivity index (χ3n) is 4.01. The van der Waals surface area contributed by atoms with Crippen molar-refractivity contribution in [2.75, 3.05) is 5.32 Å². The number of benzene rings is 2. The number of anilines is 1. The van der Waals surface area contributed by atoms with E-state index in [2.05, 4.69) is 10.6 Å². The van der Waals surface area contributed by atoms with Crippen LogP contribution in [0.1, 0.15) is 35.1 Å². The Morgan fingerprint density at radius 3 is 2.48 bits per heavy atom. The predicted molar refractivity (Wildman–Crippen MR) is 111 cm³/mol. The summed E-state index contributed by atoms with van der Waals surface area (Å²) in [5.41, 5.74) is 2.66. The highest BCUT2D eigenvalue weighted by Gasteiger charge is 2.14. The van der Waals surface area contributed by atoms with Crippen LogP contribution in [0.25, 0.3) is 10.4 Å². The molecule has 138 valence electrons. The van der Waals surface area contributed by atoms with Crippen LogP contribution in [0.5, 0.6) is 0 Å². The van der Waals surface area contributed by atoms with Crippen LogP contribution in [0.2, 0.25) is 5.02 Å². The zero-order valence-electron chi connectivity index (χ0n) is 15.0. The molecule has 1 unspecified atom stereocenters. The Balaban J connectivity index is 1.70. The predicted octanol–water partition coefficient (Wildman–Crippen LogP) is 5.52. The van der Waals surface area contributed by atoms with E-state index in [1.54, 1.807) is 0 Å². The second-order valence-corrected chi connectivity index (χ2v) is 7.69. The molecule has 1 atom stereocenters. The van der Waals surface area contributed by atoms with Gasteiger partial charge >= 0.3 is 0 Å². The standard InChI is InChI=1S/C21H19ClN2O2S/c1-13(16-4-3-5-18(12-16)24-14(2)25)23-21(26)20-11-10-19(27-20)15-6-8-17(22)9-7-15/h3-13H,1-2H3,(H,23,26)(H,24,25). The van der Waals surface area contributed by atoms with Crippen LogP contribution >= 0.6 is 22.9 Å². The van der Waals surface area contributed by atoms with Gasteiger partial charge in [-0.3, -0.25) is 9.59 Å². The molecular weight excluding hydrogens is 380 g/mol. The van der Waals surface area contributed by atoms with Gasteiger partial charge in [0.2, 0.25) is 5.91 Å². The van der Waals surface area contributed by atoms with Gasteiger partial charge < -0.3 is 10.6 Å². The normalized spacial score (nSPS) is 11.7. The fraction of sp³-hybridized carbons (Fsp3) is 0.143. The van der Waals surface area contributed by atoms with Gasteiger partial charge in [-0.15, -0.1) is 11.3 Å². The van der Waals surface area contributed by atoms with E-state index in [0.29, 0.717) is 15.6 Å². The van der Waals surface area contributed by atoms with E-state index in [4.69, 9.17) is 11.6 Å². The topological polar surface area (TPSA) is 58.2 Å². The molecule has 0 saturated carbocycles. The zero-order chi connectivity index (χ0) is 19.4. The number of hydrogen-bond acceptors (Lipinski definition) is 3. The molecule has 3 aromatic rings. The number of amides is 2. The first-order valence-corrected chi connectivity index (χ1v) is 9.66. The van der Waals surface area contributed by atoms with E-state index >= 15 is 0 Å². The molecule has 6 heteroatoms. The molecule has 27 heavy (non-hydrogen) atoms. The number of rotatable bonds is 5. The quantitative estimate of drug-likeness (QED) is 0.594. The summed E-state index contributed by atoms with van der Waals surface area (Å²) in [5.74, 6) is -0.255. The first kappa shape index (κ1) is 19.1. The minimum atomic E-state index is -0.188. The molecule has 0 saturated heterocycles. The first-order chi connectivity index (χ1) is 12.9. The number of carbonyl (C=O) groups excluding carboxylic acids is 2. The third kappa shape index (κ3) is 4.96. The molecule has 0 bridgehead atoms. The molecular formula is C21H19ClN2O2S. The van der Waals surface area contributed by atoms with E-state index in [1.807, 2.05) is 67.6 Å². The maximum Gasteiger partial charge on any atom is 0.261 e. The molecule has 3 rings (SSSR count). The van der Waals surface area contributed by atoms with E-state index in [0.717, 1.165) is 16.0 Å². The van der Waals surface area contributed by atoms with Crippen molar-refractivity contribution >= 4 is 40.4 Å². The fourth-order valence-electron chi connectivity index (χ4n) is 2.67. The maximum absolute atomic E-state index is 12.6. The van der Waals surface area contributed by atoms with Crippen LogP contribution in [-0.2, 0) is 4.79 Å². The first-order valence-electron chi connectivity index (χ1n) is 8.46. The molecule has 1 aromatic heterocycles. The monoisotopic (exact) mass is 398 g/mol. The van der Waals surface area contributed by atoms with Crippen molar-refractivity contribution in [3.8, 4) is 10.4 Å². The minimum absolute atomic E-state index is 0.127. The lowest BCUT2D eigenvalue weighted by molar-refractivity contribution is -0.114. The van der Waals surface area contributed by atoms with Crippen LogP contribution in [0.15, 0.2) is 60.7 Å². The van der Waals surface area contributed by atoms with Crippen molar-refractivity contribution in [2.45, 2.75) is 19.9 Å². The van der Waals surface area contributed by atoms with Crippen molar-refractivity contribution in [1.29, 1.82) is 0 Å². The number of hydrogen-bond donors (Lipinski definition) is 2. The van der Waals surface area contributed by atoms with Crippen molar-refractivity contribution in [3.63, 3.8) is 0 Å². The smallest absolute Gasteiger partial charge is 0.261 e. The van der Waals surface area contributed by atoms with Gasteiger partial charge in [-0.25, -0.2) is 0 Å². The number of carbonyl (C=O) groups is 2. The lowest BCUT2D eigenvalue weighted by Gasteiger charge is -2.15. The van der Waals surface area contributed by atoms with Crippen LogP contribution in [0, 0.1) is 0 Å². The third-order valence-corrected chi connectivity index (χ3v) is 5.40. The van der Waals surface area contributed by atoms with Gasteiger partial charge in [-0.1, -0.05) is 35.9 Å². The Kier molecular flexibility index (Phi) is 5.94. The molecule has 4 nitrogen and oxygen atoms in total. The number of halogens is 1. The molecule has 0 aliphatic carbocycles. The van der Waals surface area contributed by atoms with E-state index in [1.165, 1.54) is 18.3 Å². The Hall–Kier alpha value is -2.63. The molecule has 0 aliphatic heterocycles. The van der Waals surface area contributed by atoms with Gasteiger partial charge in [-0.2, -0.15) is 0 Å². The minimum Gasteiger partial charge on any atom is -0.345 e. The van der Waals surface area contributed by atoms with Gasteiger partial charge in [0.25, 0.3) is 5.91 Å². The van der Waals surface area contributed by atoms with E-state index < -0.39 is 0 Å². The Bertz CT molecular complexity index is 966. The summed E-state index contributed by atoms with van der Waals surface area (Å²) in [5, 5.41) is 6.44. The molecule has 0 spiro atoms. The van der Waals surface area contributed by atoms with E-state index in [9.17, 15) is 9.59 Å². The Labute approximate surface area is 167 Å². The summed E-state index contributed by atoms with van der Waals surface area (Å²) in [6.07, 6.45) is 0. The molecule has 0 radical (unpaired) electrons. The summed E-state index contributed by atoms with van der Waals surface area (Å²) in [6.45, 7) is 3.38. The lowest BCUT2D eigenvalue weighted by atomic mass is 10.1. The van der Waals surface area contributed by atoms with Gasteiger partial charge in [0.15, 0.2) is 0 Å². The van der Waals surface area contributed by atoms with Gasteiger partial charge in [0.05, 0.1) is 10.9 Å². The van der Waals surface area contributed by atoms with Gasteiger partial charge in [-0.05, 0) is 54.4 Å². The van der Waals surface area contributed by atoms with Crippen LogP contribution < -0.4 is 10.6 Å². The lowest BCUT2D eigenvalue weighted by Crippen LogP contribution is -2.25. The van der Waals surface area contributed by atoms with Crippen LogP contribution in [-0.4, -0.2) is 11.8 Å². The number of nitrogens with one attached hydrogen (secondary N) is 2. The largest absolute Gasteiger partial charge is 0.345 e. The Morgan fingerprint density at radius 2 is 1.78 bits per heavy atom. The average molecular weight is 399 g/mol. The van der Waals surface area contributed by atoms with Crippen molar-refractivity contribution < 1.29 is 9.59 Å². The van der Waals surface area contributed by atoms with Crippen molar-refractivity contribution in [2.24, 2.45) is 0 Å². The highest BCUT2D eigenvalue weighted by atomic mass is 35.5. The highest BCUT2D eigenvalue weighted by molar-refractivity contribution is 7.17. The molecule has 2 N–H and O–H groups in total. The van der Waals surface area contributed by atoms with Crippen molar-refractivity contribution in [1.82, 2.24) is 5.32 Å². The summed E-state index contributed by atoms with van der Waals surface area (Å²) in [4.78, 5) is 25.5. The van der Waals surface area contributed by atoms with E-state index in [-0.39, 0.29) is 17.9 Å². The Morgan fingerprint density at radius 1 is 1.04 bits per heavy atom. The van der Waals surface area contributed by atoms with Crippen LogP contribution in [0.4, 0.5) is 5.69 Å². The summed E-state index contributed by atoms with van der Waals surface area (Å²) >= 11 is 7.36. The van der Waals surface area contributed by atoms with Gasteiger partial charge in [0, 0.05) is 22.5 Å². The summed E-state index contributed by atoms with van der Waals surface area (Å²) in [6, 6.07) is 18.6. The molecule has 2 aromatic carbocycles. The summed E-state index contributed by atoms with van der Waals surface area (Å²) in [7, 11) is 0. The second kappa shape index (κ2) is 8.37. The highest BCUT2D eigenvalue weighted by Crippen LogP contribution is 2.29. The zero-order valence-corrected chi connectivity index (χ0v) is 16.5. The van der Waals surface area contributed by atoms with Crippen LogP contribution in [0.3, 0.4) is 0 Å². The SMILES string of the molecule is CC(=O)Nc1cccc(C(C)NC(=O)c2ccc(-c3ccc(Cl)cc3)s2)c1. The van der Waals surface area contributed by atoms with Gasteiger partial charge in [0.1, 0.15) is 0 Å². The maximum atomic E-state index is 12.6. The fourth-order valence-corrected chi connectivity index (χ4v) is 3.71. The summed E-state index contributed by atoms with van der Waals surface area (Å²) < 4.78 is 0. The molecule has 1 heterocycles. The molecule has 0 aliphatic rings. The second-order valence-electron chi connectivity index (χ2n) is 6.17. The molecule has 2 amide bonds. The number of thiophene rings is 1. The van der Waals surface area contributed by atoms with Crippen molar-refractivity contribution in [3.05, 3.63) is 76.1 Å².